The summed E-state index contributed by atoms with van der Waals surface area (Å²) in [6.45, 7) is 0. The first-order valence-electron chi connectivity index (χ1n) is 3.74. The van der Waals surface area contributed by atoms with Crippen molar-refractivity contribution in [1.29, 1.82) is 0 Å². The van der Waals surface area contributed by atoms with Crippen LogP contribution < -0.4 is 10.1 Å². The number of thiocarbonyl (C=S) groups is 1. The minimum absolute atomic E-state index is 0.685. The van der Waals surface area contributed by atoms with Crippen molar-refractivity contribution in [2.24, 2.45) is 0 Å². The number of nitrogens with one attached hydrogen (secondary N) is 1. The second-order valence-corrected chi connectivity index (χ2v) is 3.75. The molecule has 0 spiro atoms. The van der Waals surface area contributed by atoms with E-state index in [4.69, 9.17) is 17.0 Å². The second-order valence-electron chi connectivity index (χ2n) is 2.42. The SMILES string of the molecule is CNC(=S)c1ccc(Br)cc1OC. The Morgan fingerprint density at radius 2 is 2.23 bits per heavy atom. The third-order valence-electron chi connectivity index (χ3n) is 1.64. The largest absolute Gasteiger partial charge is 0.496 e. The van der Waals surface area contributed by atoms with Crippen LogP contribution in [-0.4, -0.2) is 19.1 Å². The Morgan fingerprint density at radius 1 is 1.54 bits per heavy atom. The zero-order valence-corrected chi connectivity index (χ0v) is 9.83. The first-order chi connectivity index (χ1) is 6.19. The summed E-state index contributed by atoms with van der Waals surface area (Å²) in [7, 11) is 3.42. The maximum atomic E-state index is 5.19. The molecule has 0 aliphatic carbocycles. The van der Waals surface area contributed by atoms with Gasteiger partial charge < -0.3 is 10.1 Å². The fourth-order valence-corrected chi connectivity index (χ4v) is 1.50. The van der Waals surface area contributed by atoms with Crippen LogP contribution in [0.2, 0.25) is 0 Å². The van der Waals surface area contributed by atoms with Crippen LogP contribution in [0.4, 0.5) is 0 Å². The first-order valence-corrected chi connectivity index (χ1v) is 4.94. The Kier molecular flexibility index (Phi) is 3.69. The zero-order valence-electron chi connectivity index (χ0n) is 7.43. The minimum Gasteiger partial charge on any atom is -0.496 e. The van der Waals surface area contributed by atoms with Gasteiger partial charge in [-0.3, -0.25) is 0 Å². The highest BCUT2D eigenvalue weighted by Gasteiger charge is 2.06. The van der Waals surface area contributed by atoms with E-state index in [0.29, 0.717) is 4.99 Å². The maximum absolute atomic E-state index is 5.19. The molecule has 0 aliphatic rings. The molecule has 0 radical (unpaired) electrons. The van der Waals surface area contributed by atoms with Gasteiger partial charge in [0.05, 0.1) is 12.7 Å². The predicted molar refractivity (Wildman–Crippen MR) is 61.5 cm³/mol. The number of halogens is 1. The molecule has 70 valence electrons. The van der Waals surface area contributed by atoms with Crippen molar-refractivity contribution in [2.45, 2.75) is 0 Å². The highest BCUT2D eigenvalue weighted by atomic mass is 79.9. The molecule has 0 bridgehead atoms. The quantitative estimate of drug-likeness (QED) is 0.825. The number of rotatable bonds is 2. The molecule has 0 saturated heterocycles. The molecular weight excluding hydrogens is 250 g/mol. The minimum atomic E-state index is 0.685. The van der Waals surface area contributed by atoms with Gasteiger partial charge in [0.2, 0.25) is 0 Å². The van der Waals surface area contributed by atoms with Crippen LogP contribution in [0.5, 0.6) is 5.75 Å². The van der Waals surface area contributed by atoms with Crippen molar-refractivity contribution in [3.63, 3.8) is 0 Å². The molecule has 1 aromatic carbocycles. The lowest BCUT2D eigenvalue weighted by molar-refractivity contribution is 0.413. The summed E-state index contributed by atoms with van der Waals surface area (Å²) in [5, 5.41) is 2.91. The summed E-state index contributed by atoms with van der Waals surface area (Å²) in [5.74, 6) is 0.772. The van der Waals surface area contributed by atoms with Gasteiger partial charge in [-0.05, 0) is 18.2 Å². The van der Waals surface area contributed by atoms with Crippen molar-refractivity contribution in [3.05, 3.63) is 28.2 Å². The molecule has 2 nitrogen and oxygen atoms in total. The molecule has 1 rings (SSSR count). The standard InChI is InChI=1S/C9H10BrNOS/c1-11-9(13)7-4-3-6(10)5-8(7)12-2/h3-5H,1-2H3,(H,11,13). The highest BCUT2D eigenvalue weighted by molar-refractivity contribution is 9.10. The van der Waals surface area contributed by atoms with E-state index < -0.39 is 0 Å². The fraction of sp³-hybridized carbons (Fsp3) is 0.222. The number of benzene rings is 1. The van der Waals surface area contributed by atoms with Gasteiger partial charge in [0.25, 0.3) is 0 Å². The van der Waals surface area contributed by atoms with E-state index in [1.807, 2.05) is 18.2 Å². The van der Waals surface area contributed by atoms with Crippen LogP contribution >= 0.6 is 28.1 Å². The van der Waals surface area contributed by atoms with E-state index in [9.17, 15) is 0 Å². The summed E-state index contributed by atoms with van der Waals surface area (Å²) in [4.78, 5) is 0.685. The van der Waals surface area contributed by atoms with Crippen LogP contribution in [0.25, 0.3) is 0 Å². The molecule has 4 heteroatoms. The Morgan fingerprint density at radius 3 is 2.77 bits per heavy atom. The molecule has 0 heterocycles. The van der Waals surface area contributed by atoms with Gasteiger partial charge in [-0.1, -0.05) is 28.1 Å². The fourth-order valence-electron chi connectivity index (χ4n) is 0.987. The van der Waals surface area contributed by atoms with Crippen LogP contribution in [-0.2, 0) is 0 Å². The van der Waals surface area contributed by atoms with Gasteiger partial charge in [0.1, 0.15) is 10.7 Å². The van der Waals surface area contributed by atoms with Gasteiger partial charge in [0.15, 0.2) is 0 Å². The van der Waals surface area contributed by atoms with E-state index in [1.165, 1.54) is 0 Å². The molecule has 1 aromatic rings. The smallest absolute Gasteiger partial charge is 0.130 e. The topological polar surface area (TPSA) is 21.3 Å². The van der Waals surface area contributed by atoms with E-state index in [0.717, 1.165) is 15.8 Å². The van der Waals surface area contributed by atoms with E-state index >= 15 is 0 Å². The van der Waals surface area contributed by atoms with Crippen molar-refractivity contribution >= 4 is 33.1 Å². The Hall–Kier alpha value is -0.610. The van der Waals surface area contributed by atoms with Gasteiger partial charge >= 0.3 is 0 Å². The first kappa shape index (κ1) is 10.5. The van der Waals surface area contributed by atoms with Crippen molar-refractivity contribution < 1.29 is 4.74 Å². The molecule has 0 amide bonds. The molecular formula is C9H10BrNOS. The average molecular weight is 260 g/mol. The van der Waals surface area contributed by atoms with Crippen molar-refractivity contribution in [3.8, 4) is 5.75 Å². The van der Waals surface area contributed by atoms with Crippen LogP contribution in [0.3, 0.4) is 0 Å². The number of hydrogen-bond acceptors (Lipinski definition) is 2. The normalized spacial score (nSPS) is 9.46. The van der Waals surface area contributed by atoms with Crippen molar-refractivity contribution in [2.75, 3.05) is 14.2 Å². The molecule has 0 atom stereocenters. The lowest BCUT2D eigenvalue weighted by Gasteiger charge is -2.09. The van der Waals surface area contributed by atoms with Gasteiger partial charge in [0, 0.05) is 11.5 Å². The zero-order chi connectivity index (χ0) is 9.84. The lowest BCUT2D eigenvalue weighted by atomic mass is 10.2. The van der Waals surface area contributed by atoms with E-state index in [-0.39, 0.29) is 0 Å². The summed E-state index contributed by atoms with van der Waals surface area (Å²) < 4.78 is 6.17. The molecule has 0 saturated carbocycles. The van der Waals surface area contributed by atoms with Gasteiger partial charge in [-0.25, -0.2) is 0 Å². The molecule has 0 fully saturated rings. The van der Waals surface area contributed by atoms with E-state index in [1.54, 1.807) is 14.2 Å². The van der Waals surface area contributed by atoms with Gasteiger partial charge in [-0.15, -0.1) is 0 Å². The lowest BCUT2D eigenvalue weighted by Crippen LogP contribution is -2.17. The molecule has 0 unspecified atom stereocenters. The summed E-state index contributed by atoms with van der Waals surface area (Å²) >= 11 is 8.48. The molecule has 1 N–H and O–H groups in total. The number of ether oxygens (including phenoxy) is 1. The van der Waals surface area contributed by atoms with Gasteiger partial charge in [-0.2, -0.15) is 0 Å². The molecule has 0 aromatic heterocycles. The molecule has 0 aliphatic heterocycles. The molecule has 13 heavy (non-hydrogen) atoms. The monoisotopic (exact) mass is 259 g/mol. The third-order valence-corrected chi connectivity index (χ3v) is 2.55. The number of methoxy groups -OCH3 is 1. The maximum Gasteiger partial charge on any atom is 0.130 e. The summed E-state index contributed by atoms with van der Waals surface area (Å²) in [6.07, 6.45) is 0. The summed E-state index contributed by atoms with van der Waals surface area (Å²) in [6, 6.07) is 5.74. The Labute approximate surface area is 91.4 Å². The number of hydrogen-bond donors (Lipinski definition) is 1. The third kappa shape index (κ3) is 2.42. The van der Waals surface area contributed by atoms with Crippen LogP contribution in [0, 0.1) is 0 Å². The highest BCUT2D eigenvalue weighted by Crippen LogP contribution is 2.23. The average Bonchev–Trinajstić information content (AvgIpc) is 2.16. The van der Waals surface area contributed by atoms with Crippen LogP contribution in [0.1, 0.15) is 5.56 Å². The van der Waals surface area contributed by atoms with E-state index in [2.05, 4.69) is 21.2 Å². The predicted octanol–water partition coefficient (Wildman–Crippen LogP) is 2.35. The Balaban J connectivity index is 3.13. The summed E-state index contributed by atoms with van der Waals surface area (Å²) in [5.41, 5.74) is 0.906. The van der Waals surface area contributed by atoms with Crippen molar-refractivity contribution in [1.82, 2.24) is 5.32 Å². The van der Waals surface area contributed by atoms with Crippen LogP contribution in [0.15, 0.2) is 22.7 Å². The second kappa shape index (κ2) is 4.58. The Bertz CT molecular complexity index is 327.